The molecule has 276 valence electrons. The van der Waals surface area contributed by atoms with Crippen molar-refractivity contribution in [1.82, 2.24) is 30.1 Å². The SMILES string of the molecule is C=CCCC(=O)N[C@@H](COC)[C@@H](OC(=O)[C@@H]1[C@@H]2CC[C@]3(O2)[C@H](C(=O)N(CC=C)Cn2nnc4ccccc42)N(CCCO)C(=O)[C@@H]13)c1ccccc1. The van der Waals surface area contributed by atoms with Crippen LogP contribution in [-0.4, -0.2) is 111 Å². The van der Waals surface area contributed by atoms with Gasteiger partial charge in [-0.2, -0.15) is 0 Å². The summed E-state index contributed by atoms with van der Waals surface area (Å²) < 4.78 is 20.0. The fourth-order valence-corrected chi connectivity index (χ4v) is 8.04. The largest absolute Gasteiger partial charge is 0.455 e. The average molecular weight is 715 g/mol. The van der Waals surface area contributed by atoms with E-state index in [2.05, 4.69) is 28.8 Å². The van der Waals surface area contributed by atoms with Gasteiger partial charge in [0.05, 0.1) is 36.1 Å². The topological polar surface area (TPSA) is 165 Å². The van der Waals surface area contributed by atoms with Gasteiger partial charge in [0.15, 0.2) is 0 Å². The number of ether oxygens (including phenoxy) is 3. The number of esters is 1. The van der Waals surface area contributed by atoms with E-state index in [1.807, 2.05) is 42.5 Å². The van der Waals surface area contributed by atoms with Crippen LogP contribution in [-0.2, 0) is 40.1 Å². The van der Waals surface area contributed by atoms with Crippen molar-refractivity contribution in [2.24, 2.45) is 11.8 Å². The zero-order chi connectivity index (χ0) is 36.8. The lowest BCUT2D eigenvalue weighted by Crippen LogP contribution is -2.56. The van der Waals surface area contributed by atoms with E-state index in [-0.39, 0.29) is 57.6 Å². The predicted molar refractivity (Wildman–Crippen MR) is 189 cm³/mol. The van der Waals surface area contributed by atoms with Crippen molar-refractivity contribution in [2.45, 2.75) is 68.7 Å². The number of nitrogens with one attached hydrogen (secondary N) is 1. The molecule has 14 heteroatoms. The molecule has 2 aromatic carbocycles. The highest BCUT2D eigenvalue weighted by Gasteiger charge is 2.75. The molecule has 3 aliphatic heterocycles. The molecule has 3 amide bonds. The molecule has 6 rings (SSSR count). The molecule has 3 aromatic rings. The quantitative estimate of drug-likeness (QED) is 0.148. The minimum Gasteiger partial charge on any atom is -0.455 e. The van der Waals surface area contributed by atoms with Crippen LogP contribution < -0.4 is 5.32 Å². The first-order valence-corrected chi connectivity index (χ1v) is 17.7. The van der Waals surface area contributed by atoms with Crippen molar-refractivity contribution >= 4 is 34.7 Å². The number of aliphatic hydroxyl groups is 1. The van der Waals surface area contributed by atoms with Gasteiger partial charge in [-0.25, -0.2) is 4.68 Å². The number of allylic oxidation sites excluding steroid dienone is 1. The summed E-state index contributed by atoms with van der Waals surface area (Å²) in [6.45, 7) is 7.68. The maximum Gasteiger partial charge on any atom is 0.313 e. The Hall–Kier alpha value is -4.92. The zero-order valence-electron chi connectivity index (χ0n) is 29.3. The first kappa shape index (κ1) is 36.9. The molecule has 3 aliphatic rings. The fraction of sp³-hybridized carbons (Fsp3) is 0.474. The number of benzene rings is 2. The smallest absolute Gasteiger partial charge is 0.313 e. The summed E-state index contributed by atoms with van der Waals surface area (Å²) in [5.41, 5.74) is 0.744. The summed E-state index contributed by atoms with van der Waals surface area (Å²) in [7, 11) is 1.50. The van der Waals surface area contributed by atoms with Gasteiger partial charge < -0.3 is 34.4 Å². The van der Waals surface area contributed by atoms with Gasteiger partial charge >= 0.3 is 5.97 Å². The second-order valence-corrected chi connectivity index (χ2v) is 13.5. The number of carbonyl (C=O) groups excluding carboxylic acids is 4. The molecule has 3 fully saturated rings. The maximum absolute atomic E-state index is 14.7. The van der Waals surface area contributed by atoms with Gasteiger partial charge in [0.1, 0.15) is 29.9 Å². The normalized spacial score (nSPS) is 24.3. The Balaban J connectivity index is 1.31. The molecule has 0 saturated carbocycles. The third-order valence-electron chi connectivity index (χ3n) is 10.3. The highest BCUT2D eigenvalue weighted by molar-refractivity contribution is 5.98. The Morgan fingerprint density at radius 3 is 2.65 bits per heavy atom. The molecule has 14 nitrogen and oxygen atoms in total. The van der Waals surface area contributed by atoms with Crippen LogP contribution in [0.15, 0.2) is 79.9 Å². The van der Waals surface area contributed by atoms with Crippen molar-refractivity contribution in [3.63, 3.8) is 0 Å². The van der Waals surface area contributed by atoms with E-state index in [0.717, 1.165) is 5.52 Å². The molecule has 52 heavy (non-hydrogen) atoms. The minimum absolute atomic E-state index is 0.0394. The monoisotopic (exact) mass is 714 g/mol. The molecule has 7 atom stereocenters. The second-order valence-electron chi connectivity index (χ2n) is 13.5. The van der Waals surface area contributed by atoms with Crippen LogP contribution in [0.1, 0.15) is 43.8 Å². The van der Waals surface area contributed by atoms with Crippen molar-refractivity contribution in [3.05, 3.63) is 85.5 Å². The van der Waals surface area contributed by atoms with Crippen LogP contribution in [0.25, 0.3) is 11.0 Å². The Morgan fingerprint density at radius 2 is 1.92 bits per heavy atom. The zero-order valence-corrected chi connectivity index (χ0v) is 29.3. The maximum atomic E-state index is 14.7. The number of rotatable bonds is 18. The third kappa shape index (κ3) is 6.97. The number of likely N-dealkylation sites (tertiary alicyclic amines) is 1. The van der Waals surface area contributed by atoms with Crippen molar-refractivity contribution < 1.29 is 38.5 Å². The highest BCUT2D eigenvalue weighted by Crippen LogP contribution is 2.59. The number of carbonyl (C=O) groups is 4. The van der Waals surface area contributed by atoms with Crippen molar-refractivity contribution in [3.8, 4) is 0 Å². The summed E-state index contributed by atoms with van der Waals surface area (Å²) >= 11 is 0. The molecule has 1 aromatic heterocycles. The van der Waals surface area contributed by atoms with Crippen molar-refractivity contribution in [2.75, 3.05) is 33.4 Å². The summed E-state index contributed by atoms with van der Waals surface area (Å²) in [5, 5.41) is 21.2. The van der Waals surface area contributed by atoms with Gasteiger partial charge in [-0.3, -0.25) is 19.2 Å². The first-order chi connectivity index (χ1) is 25.3. The lowest BCUT2D eigenvalue weighted by Gasteiger charge is -2.36. The Morgan fingerprint density at radius 1 is 1.15 bits per heavy atom. The number of fused-ring (bicyclic) bond motifs is 2. The number of amides is 3. The molecule has 0 unspecified atom stereocenters. The number of hydrogen-bond donors (Lipinski definition) is 2. The van der Waals surface area contributed by atoms with Gasteiger partial charge in [0, 0.05) is 33.2 Å². The summed E-state index contributed by atoms with van der Waals surface area (Å²) in [4.78, 5) is 59.5. The van der Waals surface area contributed by atoms with Crippen LogP contribution in [0.3, 0.4) is 0 Å². The molecular formula is C38H46N6O8. The number of aromatic nitrogens is 3. The van der Waals surface area contributed by atoms with Gasteiger partial charge in [-0.15, -0.1) is 18.3 Å². The van der Waals surface area contributed by atoms with E-state index in [1.54, 1.807) is 33.9 Å². The van der Waals surface area contributed by atoms with E-state index in [0.29, 0.717) is 30.3 Å². The van der Waals surface area contributed by atoms with Crippen LogP contribution in [0.4, 0.5) is 0 Å². The summed E-state index contributed by atoms with van der Waals surface area (Å²) in [6, 6.07) is 14.6. The van der Waals surface area contributed by atoms with Gasteiger partial charge in [0.25, 0.3) is 0 Å². The van der Waals surface area contributed by atoms with Crippen LogP contribution in [0.5, 0.6) is 0 Å². The first-order valence-electron chi connectivity index (χ1n) is 17.7. The van der Waals surface area contributed by atoms with Gasteiger partial charge in [-0.1, -0.05) is 59.8 Å². The van der Waals surface area contributed by atoms with E-state index in [1.165, 1.54) is 12.0 Å². The van der Waals surface area contributed by atoms with Crippen LogP contribution in [0, 0.1) is 11.8 Å². The highest BCUT2D eigenvalue weighted by atomic mass is 16.6. The average Bonchev–Trinajstić information content (AvgIpc) is 3.91. The van der Waals surface area contributed by atoms with Gasteiger partial charge in [-0.05, 0) is 43.4 Å². The van der Waals surface area contributed by atoms with Crippen LogP contribution in [0.2, 0.25) is 0 Å². The van der Waals surface area contributed by atoms with E-state index < -0.39 is 53.6 Å². The summed E-state index contributed by atoms with van der Waals surface area (Å²) in [6.07, 6.45) is 3.36. The molecule has 0 radical (unpaired) electrons. The fourth-order valence-electron chi connectivity index (χ4n) is 8.04. The van der Waals surface area contributed by atoms with E-state index in [4.69, 9.17) is 14.2 Å². The second kappa shape index (κ2) is 16.2. The number of hydrogen-bond acceptors (Lipinski definition) is 10. The lowest BCUT2D eigenvalue weighted by molar-refractivity contribution is -0.163. The molecule has 4 heterocycles. The van der Waals surface area contributed by atoms with Crippen molar-refractivity contribution in [1.29, 1.82) is 0 Å². The Kier molecular flexibility index (Phi) is 11.5. The third-order valence-corrected chi connectivity index (χ3v) is 10.3. The minimum atomic E-state index is -1.30. The number of aliphatic hydroxyl groups excluding tert-OH is 1. The Labute approximate surface area is 302 Å². The standard InChI is InChI=1S/C38H46N6O8/c1-4-6-17-30(46)39-27(23-50-3)33(25-13-8-7-9-14-25)51-37(49)31-29-18-19-38(52-29)32(31)35(47)43(21-12-22-45)34(38)36(48)42(20-5-2)24-44-28-16-11-10-15-26(28)40-41-44/h4-5,7-11,13-16,27,29,31-34,45H,1-2,6,12,17-24H2,3H3,(H,39,46)/t27-,29-,31+,32+,33-,34-,38+/m0/s1. The van der Waals surface area contributed by atoms with E-state index in [9.17, 15) is 24.3 Å². The van der Waals surface area contributed by atoms with E-state index >= 15 is 0 Å². The number of nitrogens with zero attached hydrogens (tertiary/aromatic N) is 5. The predicted octanol–water partition coefficient (Wildman–Crippen LogP) is 2.54. The molecular weight excluding hydrogens is 668 g/mol. The molecule has 0 aliphatic carbocycles. The molecule has 3 saturated heterocycles. The van der Waals surface area contributed by atoms with Crippen LogP contribution >= 0.6 is 0 Å². The number of methoxy groups -OCH3 is 1. The lowest BCUT2D eigenvalue weighted by atomic mass is 9.70. The summed E-state index contributed by atoms with van der Waals surface area (Å²) in [5.74, 6) is -3.70. The molecule has 2 bridgehead atoms. The number of para-hydroxylation sites is 1. The Bertz CT molecular complexity index is 1780. The molecule has 2 N–H and O–H groups in total. The molecule has 1 spiro atoms. The van der Waals surface area contributed by atoms with Gasteiger partial charge in [0.2, 0.25) is 17.7 Å².